The summed E-state index contributed by atoms with van der Waals surface area (Å²) in [6.07, 6.45) is 0. The Morgan fingerprint density at radius 2 is 1.62 bits per heavy atom. The van der Waals surface area contributed by atoms with Crippen LogP contribution in [0.15, 0.2) is 29.1 Å². The van der Waals surface area contributed by atoms with Crippen LogP contribution in [-0.4, -0.2) is 32.0 Å². The first-order valence-electron chi connectivity index (χ1n) is 7.30. The van der Waals surface area contributed by atoms with Gasteiger partial charge < -0.3 is 4.90 Å². The van der Waals surface area contributed by atoms with Gasteiger partial charge in [0.25, 0.3) is 0 Å². The van der Waals surface area contributed by atoms with Crippen molar-refractivity contribution in [2.24, 2.45) is 7.05 Å². The van der Waals surface area contributed by atoms with Gasteiger partial charge in [-0.2, -0.15) is 0 Å². The van der Waals surface area contributed by atoms with Crippen molar-refractivity contribution >= 4 is 16.9 Å². The summed E-state index contributed by atoms with van der Waals surface area (Å²) in [5, 5.41) is 0. The van der Waals surface area contributed by atoms with Crippen molar-refractivity contribution in [1.82, 2.24) is 14.0 Å². The summed E-state index contributed by atoms with van der Waals surface area (Å²) in [4.78, 5) is 26.7. The van der Waals surface area contributed by atoms with Gasteiger partial charge in [-0.3, -0.25) is 13.9 Å². The topological polar surface area (TPSA) is 47.2 Å². The van der Waals surface area contributed by atoms with E-state index in [1.807, 2.05) is 56.9 Å². The van der Waals surface area contributed by atoms with Gasteiger partial charge in [-0.05, 0) is 39.8 Å². The number of amides is 1. The SMILES string of the molecule is CC(C)N(C(=O)Cn1c(=O)n(C)c2ccccc21)C(C)C. The van der Waals surface area contributed by atoms with Crippen molar-refractivity contribution in [3.05, 3.63) is 34.7 Å². The molecule has 5 nitrogen and oxygen atoms in total. The molecule has 5 heteroatoms. The first kappa shape index (κ1) is 15.4. The summed E-state index contributed by atoms with van der Waals surface area (Å²) in [5.41, 5.74) is 1.48. The van der Waals surface area contributed by atoms with Crippen molar-refractivity contribution in [2.75, 3.05) is 0 Å². The molecule has 0 atom stereocenters. The molecule has 0 fully saturated rings. The van der Waals surface area contributed by atoms with E-state index in [1.165, 1.54) is 0 Å². The van der Waals surface area contributed by atoms with Crippen LogP contribution in [0.5, 0.6) is 0 Å². The summed E-state index contributed by atoms with van der Waals surface area (Å²) < 4.78 is 3.13. The number of carbonyl (C=O) groups is 1. The van der Waals surface area contributed by atoms with Crippen LogP contribution in [0.2, 0.25) is 0 Å². The van der Waals surface area contributed by atoms with Crippen LogP contribution in [0.3, 0.4) is 0 Å². The number of nitrogens with zero attached hydrogens (tertiary/aromatic N) is 3. The maximum absolute atomic E-state index is 12.6. The fourth-order valence-electron chi connectivity index (χ4n) is 2.91. The Hall–Kier alpha value is -2.04. The molecule has 0 saturated carbocycles. The number of hydrogen-bond acceptors (Lipinski definition) is 2. The molecule has 0 saturated heterocycles. The molecule has 21 heavy (non-hydrogen) atoms. The van der Waals surface area contributed by atoms with Crippen molar-refractivity contribution in [1.29, 1.82) is 0 Å². The van der Waals surface area contributed by atoms with Crippen LogP contribution >= 0.6 is 0 Å². The summed E-state index contributed by atoms with van der Waals surface area (Å²) in [6, 6.07) is 7.76. The minimum absolute atomic E-state index is 0.0292. The monoisotopic (exact) mass is 289 g/mol. The van der Waals surface area contributed by atoms with Gasteiger partial charge >= 0.3 is 5.69 Å². The molecule has 114 valence electrons. The van der Waals surface area contributed by atoms with Gasteiger partial charge in [0.2, 0.25) is 5.91 Å². The Bertz CT molecular complexity index is 702. The maximum atomic E-state index is 12.6. The second-order valence-corrected chi connectivity index (χ2v) is 5.90. The summed E-state index contributed by atoms with van der Waals surface area (Å²) >= 11 is 0. The van der Waals surface area contributed by atoms with Crippen LogP contribution in [0.25, 0.3) is 11.0 Å². The van der Waals surface area contributed by atoms with Crippen molar-refractivity contribution in [3.63, 3.8) is 0 Å². The molecule has 0 aliphatic heterocycles. The van der Waals surface area contributed by atoms with E-state index in [4.69, 9.17) is 0 Å². The largest absolute Gasteiger partial charge is 0.336 e. The molecule has 0 aliphatic rings. The van der Waals surface area contributed by atoms with Gasteiger partial charge in [0.05, 0.1) is 11.0 Å². The lowest BCUT2D eigenvalue weighted by Crippen LogP contribution is -2.44. The van der Waals surface area contributed by atoms with E-state index >= 15 is 0 Å². The van der Waals surface area contributed by atoms with E-state index in [9.17, 15) is 9.59 Å². The lowest BCUT2D eigenvalue weighted by Gasteiger charge is -2.30. The third-order valence-electron chi connectivity index (χ3n) is 3.75. The van der Waals surface area contributed by atoms with E-state index in [0.29, 0.717) is 0 Å². The number of fused-ring (bicyclic) bond motifs is 1. The number of hydrogen-bond donors (Lipinski definition) is 0. The van der Waals surface area contributed by atoms with Gasteiger partial charge in [-0.1, -0.05) is 12.1 Å². The third kappa shape index (κ3) is 2.73. The van der Waals surface area contributed by atoms with Crippen LogP contribution in [0.1, 0.15) is 27.7 Å². The van der Waals surface area contributed by atoms with Crippen LogP contribution < -0.4 is 5.69 Å². The number of aromatic nitrogens is 2. The number of benzene rings is 1. The zero-order chi connectivity index (χ0) is 15.7. The van der Waals surface area contributed by atoms with E-state index in [-0.39, 0.29) is 30.2 Å². The van der Waals surface area contributed by atoms with E-state index in [2.05, 4.69) is 0 Å². The maximum Gasteiger partial charge on any atom is 0.329 e. The highest BCUT2D eigenvalue weighted by Gasteiger charge is 2.22. The van der Waals surface area contributed by atoms with E-state index in [1.54, 1.807) is 16.2 Å². The van der Waals surface area contributed by atoms with E-state index in [0.717, 1.165) is 11.0 Å². The molecule has 2 rings (SSSR count). The molecule has 1 heterocycles. The van der Waals surface area contributed by atoms with Gasteiger partial charge in [0.15, 0.2) is 0 Å². The molecule has 2 aromatic rings. The van der Waals surface area contributed by atoms with Gasteiger partial charge in [-0.25, -0.2) is 4.79 Å². The Labute approximate surface area is 124 Å². The Morgan fingerprint density at radius 1 is 1.10 bits per heavy atom. The molecule has 1 aromatic carbocycles. The first-order valence-corrected chi connectivity index (χ1v) is 7.30. The van der Waals surface area contributed by atoms with Crippen molar-refractivity contribution in [2.45, 2.75) is 46.3 Å². The Kier molecular flexibility index (Phi) is 4.21. The van der Waals surface area contributed by atoms with Crippen molar-refractivity contribution in [3.8, 4) is 0 Å². The van der Waals surface area contributed by atoms with Gasteiger partial charge in [0, 0.05) is 19.1 Å². The fourth-order valence-corrected chi connectivity index (χ4v) is 2.91. The second kappa shape index (κ2) is 5.76. The summed E-state index contributed by atoms with van der Waals surface area (Å²) in [5.74, 6) is -0.0292. The standard InChI is InChI=1S/C16H23N3O2/c1-11(2)19(12(3)4)15(20)10-18-14-9-7-6-8-13(14)17(5)16(18)21/h6-9,11-12H,10H2,1-5H3. The van der Waals surface area contributed by atoms with Crippen LogP contribution in [-0.2, 0) is 18.4 Å². The predicted molar refractivity (Wildman–Crippen MR) is 84.3 cm³/mol. The van der Waals surface area contributed by atoms with Gasteiger partial charge in [-0.15, -0.1) is 0 Å². The smallest absolute Gasteiger partial charge is 0.329 e. The first-order chi connectivity index (χ1) is 9.84. The number of aryl methyl sites for hydroxylation is 1. The molecule has 1 aromatic heterocycles. The minimum Gasteiger partial charge on any atom is -0.336 e. The van der Waals surface area contributed by atoms with Gasteiger partial charge in [0.1, 0.15) is 6.54 Å². The molecule has 0 unspecified atom stereocenters. The minimum atomic E-state index is -0.156. The molecule has 0 N–H and O–H groups in total. The third-order valence-corrected chi connectivity index (χ3v) is 3.75. The Balaban J connectivity index is 2.43. The number of imidazole rings is 1. The molecule has 0 spiro atoms. The average molecular weight is 289 g/mol. The quantitative estimate of drug-likeness (QED) is 0.864. The molecular weight excluding hydrogens is 266 g/mol. The zero-order valence-corrected chi connectivity index (χ0v) is 13.3. The summed E-state index contributed by atoms with van der Waals surface area (Å²) in [6.45, 7) is 8.04. The molecule has 0 bridgehead atoms. The number of carbonyl (C=O) groups excluding carboxylic acids is 1. The highest BCUT2D eigenvalue weighted by molar-refractivity contribution is 5.81. The lowest BCUT2D eigenvalue weighted by atomic mass is 10.2. The van der Waals surface area contributed by atoms with Crippen LogP contribution in [0.4, 0.5) is 0 Å². The van der Waals surface area contributed by atoms with E-state index < -0.39 is 0 Å². The second-order valence-electron chi connectivity index (χ2n) is 5.90. The predicted octanol–water partition coefficient (Wildman–Crippen LogP) is 1.99. The molecular formula is C16H23N3O2. The molecule has 1 amide bonds. The number of para-hydroxylation sites is 2. The van der Waals surface area contributed by atoms with Crippen LogP contribution in [0, 0.1) is 0 Å². The molecule has 0 aliphatic carbocycles. The highest BCUT2D eigenvalue weighted by atomic mass is 16.2. The highest BCUT2D eigenvalue weighted by Crippen LogP contribution is 2.13. The fraction of sp³-hybridized carbons (Fsp3) is 0.500. The van der Waals surface area contributed by atoms with Crippen molar-refractivity contribution < 1.29 is 4.79 Å². The normalized spacial score (nSPS) is 11.6. The average Bonchev–Trinajstić information content (AvgIpc) is 2.64. The zero-order valence-electron chi connectivity index (χ0n) is 13.3. The Morgan fingerprint density at radius 3 is 2.14 bits per heavy atom. The summed E-state index contributed by atoms with van der Waals surface area (Å²) in [7, 11) is 1.73. The number of rotatable bonds is 4. The molecule has 0 radical (unpaired) electrons. The lowest BCUT2D eigenvalue weighted by molar-refractivity contribution is -0.135.